The van der Waals surface area contributed by atoms with Gasteiger partial charge in [-0.1, -0.05) is 18.5 Å². The Labute approximate surface area is 130 Å². The number of aryl methyl sites for hydroxylation is 2. The summed E-state index contributed by atoms with van der Waals surface area (Å²) in [5, 5.41) is 4.99. The van der Waals surface area contributed by atoms with Gasteiger partial charge in [0.25, 0.3) is 0 Å². The summed E-state index contributed by atoms with van der Waals surface area (Å²) >= 11 is 8.50. The van der Waals surface area contributed by atoms with Crippen molar-refractivity contribution in [3.63, 3.8) is 0 Å². The van der Waals surface area contributed by atoms with Gasteiger partial charge in [-0.05, 0) is 41.9 Å². The first-order valence-corrected chi connectivity index (χ1v) is 7.81. The molecule has 1 aliphatic carbocycles. The van der Waals surface area contributed by atoms with Gasteiger partial charge < -0.3 is 0 Å². The highest BCUT2D eigenvalue weighted by atomic mass is 127. The molecule has 4 nitrogen and oxygen atoms in total. The zero-order chi connectivity index (χ0) is 13.6. The lowest BCUT2D eigenvalue weighted by molar-refractivity contribution is 0.746. The van der Waals surface area contributed by atoms with E-state index < -0.39 is 0 Å². The van der Waals surface area contributed by atoms with Crippen LogP contribution < -0.4 is 0 Å². The number of halogens is 2. The molecule has 0 amide bonds. The minimum absolute atomic E-state index is 0.554. The van der Waals surface area contributed by atoms with Crippen LogP contribution in [0.15, 0.2) is 6.20 Å². The van der Waals surface area contributed by atoms with Crippen LogP contribution in [0.5, 0.6) is 0 Å². The SMILES string of the molecule is CCc1nn(C)cc1-c1nc(Cl)c(I)c(C2CC2)n1. The average molecular weight is 389 g/mol. The van der Waals surface area contributed by atoms with Crippen molar-refractivity contribution < 1.29 is 0 Å². The molecule has 1 fully saturated rings. The molecule has 0 unspecified atom stereocenters. The molecule has 19 heavy (non-hydrogen) atoms. The molecule has 0 aliphatic heterocycles. The van der Waals surface area contributed by atoms with Crippen molar-refractivity contribution in [2.45, 2.75) is 32.1 Å². The van der Waals surface area contributed by atoms with Crippen LogP contribution in [0.2, 0.25) is 5.15 Å². The van der Waals surface area contributed by atoms with Crippen LogP contribution in [-0.4, -0.2) is 19.7 Å². The molecular weight excluding hydrogens is 375 g/mol. The van der Waals surface area contributed by atoms with E-state index in [0.717, 1.165) is 26.9 Å². The summed E-state index contributed by atoms with van der Waals surface area (Å²) < 4.78 is 2.80. The maximum atomic E-state index is 6.26. The molecule has 1 saturated carbocycles. The van der Waals surface area contributed by atoms with E-state index >= 15 is 0 Å². The Morgan fingerprint density at radius 3 is 2.79 bits per heavy atom. The third-order valence-corrected chi connectivity index (χ3v) is 4.94. The third-order valence-electron chi connectivity index (χ3n) is 3.28. The average Bonchev–Trinajstić information content (AvgIpc) is 3.15. The Balaban J connectivity index is 2.14. The molecule has 6 heteroatoms. The molecular formula is C13H14ClIN4. The highest BCUT2D eigenvalue weighted by Gasteiger charge is 2.29. The summed E-state index contributed by atoms with van der Waals surface area (Å²) in [6.07, 6.45) is 5.24. The molecule has 0 spiro atoms. The van der Waals surface area contributed by atoms with E-state index in [2.05, 4.69) is 39.6 Å². The molecule has 2 heterocycles. The third kappa shape index (κ3) is 2.50. The van der Waals surface area contributed by atoms with E-state index in [4.69, 9.17) is 16.6 Å². The van der Waals surface area contributed by atoms with Crippen LogP contribution in [-0.2, 0) is 13.5 Å². The van der Waals surface area contributed by atoms with Gasteiger partial charge >= 0.3 is 0 Å². The fourth-order valence-corrected chi connectivity index (χ4v) is 3.02. The second kappa shape index (κ2) is 5.01. The van der Waals surface area contributed by atoms with Crippen LogP contribution >= 0.6 is 34.2 Å². The molecule has 0 saturated heterocycles. The topological polar surface area (TPSA) is 43.6 Å². The predicted molar refractivity (Wildman–Crippen MR) is 83.3 cm³/mol. The van der Waals surface area contributed by atoms with Gasteiger partial charge in [-0.3, -0.25) is 4.68 Å². The van der Waals surface area contributed by atoms with Gasteiger partial charge in [0.2, 0.25) is 0 Å². The van der Waals surface area contributed by atoms with Crippen molar-refractivity contribution in [1.82, 2.24) is 19.7 Å². The lowest BCUT2D eigenvalue weighted by Crippen LogP contribution is -2.00. The van der Waals surface area contributed by atoms with Crippen molar-refractivity contribution in [3.05, 3.63) is 26.3 Å². The summed E-state index contributed by atoms with van der Waals surface area (Å²) in [5.41, 5.74) is 3.10. The highest BCUT2D eigenvalue weighted by Crippen LogP contribution is 2.42. The monoisotopic (exact) mass is 388 g/mol. The molecule has 0 N–H and O–H groups in total. The summed E-state index contributed by atoms with van der Waals surface area (Å²) in [5.74, 6) is 1.27. The molecule has 0 bridgehead atoms. The maximum Gasteiger partial charge on any atom is 0.164 e. The first-order valence-electron chi connectivity index (χ1n) is 6.36. The molecule has 0 atom stereocenters. The van der Waals surface area contributed by atoms with E-state index in [1.165, 1.54) is 12.8 Å². The summed E-state index contributed by atoms with van der Waals surface area (Å²) in [7, 11) is 1.92. The summed E-state index contributed by atoms with van der Waals surface area (Å²) in [4.78, 5) is 9.16. The Morgan fingerprint density at radius 2 is 2.16 bits per heavy atom. The first kappa shape index (κ1) is 13.3. The molecule has 1 aliphatic rings. The van der Waals surface area contributed by atoms with Gasteiger partial charge in [-0.15, -0.1) is 0 Å². The number of aromatic nitrogens is 4. The van der Waals surface area contributed by atoms with Crippen molar-refractivity contribution in [1.29, 1.82) is 0 Å². The zero-order valence-electron chi connectivity index (χ0n) is 10.8. The normalized spacial score (nSPS) is 14.9. The van der Waals surface area contributed by atoms with E-state index in [0.29, 0.717) is 16.9 Å². The van der Waals surface area contributed by atoms with E-state index in [-0.39, 0.29) is 0 Å². The van der Waals surface area contributed by atoms with E-state index in [9.17, 15) is 0 Å². The van der Waals surface area contributed by atoms with E-state index in [1.54, 1.807) is 4.68 Å². The summed E-state index contributed by atoms with van der Waals surface area (Å²) in [6.45, 7) is 2.09. The second-order valence-electron chi connectivity index (χ2n) is 4.83. The molecule has 0 aromatic carbocycles. The van der Waals surface area contributed by atoms with Crippen LogP contribution in [0.25, 0.3) is 11.4 Å². The van der Waals surface area contributed by atoms with Gasteiger partial charge in [0.15, 0.2) is 5.82 Å². The quantitative estimate of drug-likeness (QED) is 0.596. The van der Waals surface area contributed by atoms with Gasteiger partial charge in [0.1, 0.15) is 5.15 Å². The van der Waals surface area contributed by atoms with Gasteiger partial charge in [0, 0.05) is 19.2 Å². The van der Waals surface area contributed by atoms with Crippen molar-refractivity contribution in [2.75, 3.05) is 0 Å². The highest BCUT2D eigenvalue weighted by molar-refractivity contribution is 14.1. The fraction of sp³-hybridized carbons (Fsp3) is 0.462. The van der Waals surface area contributed by atoms with Crippen LogP contribution in [0.1, 0.15) is 37.1 Å². The van der Waals surface area contributed by atoms with Crippen molar-refractivity contribution >= 4 is 34.2 Å². The Hall–Kier alpha value is -0.690. The largest absolute Gasteiger partial charge is 0.275 e. The van der Waals surface area contributed by atoms with Crippen molar-refractivity contribution in [3.8, 4) is 11.4 Å². The van der Waals surface area contributed by atoms with Crippen molar-refractivity contribution in [2.24, 2.45) is 7.05 Å². The standard InChI is InChI=1S/C13H14ClIN4/c1-3-9-8(6-19(2)18-9)13-16-11(7-4-5-7)10(15)12(14)17-13/h6-7H,3-5H2,1-2H3. The van der Waals surface area contributed by atoms with Gasteiger partial charge in [-0.2, -0.15) is 5.10 Å². The minimum Gasteiger partial charge on any atom is -0.275 e. The van der Waals surface area contributed by atoms with Crippen LogP contribution in [0, 0.1) is 3.57 Å². The molecule has 100 valence electrons. The zero-order valence-corrected chi connectivity index (χ0v) is 13.7. The summed E-state index contributed by atoms with van der Waals surface area (Å²) in [6, 6.07) is 0. The predicted octanol–water partition coefficient (Wildman–Crippen LogP) is 3.57. The first-order chi connectivity index (χ1) is 9.10. The maximum absolute atomic E-state index is 6.26. The fourth-order valence-electron chi connectivity index (χ4n) is 2.17. The number of hydrogen-bond donors (Lipinski definition) is 0. The Bertz CT molecular complexity index is 634. The molecule has 0 radical (unpaired) electrons. The van der Waals surface area contributed by atoms with E-state index in [1.807, 2.05) is 13.2 Å². The number of hydrogen-bond acceptors (Lipinski definition) is 3. The van der Waals surface area contributed by atoms with Gasteiger partial charge in [-0.25, -0.2) is 9.97 Å². The lowest BCUT2D eigenvalue weighted by Gasteiger charge is -2.07. The van der Waals surface area contributed by atoms with Gasteiger partial charge in [0.05, 0.1) is 20.5 Å². The minimum atomic E-state index is 0.554. The van der Waals surface area contributed by atoms with Crippen LogP contribution in [0.3, 0.4) is 0 Å². The Kier molecular flexibility index (Phi) is 3.51. The second-order valence-corrected chi connectivity index (χ2v) is 6.26. The number of rotatable bonds is 3. The molecule has 2 aromatic heterocycles. The van der Waals surface area contributed by atoms with Crippen LogP contribution in [0.4, 0.5) is 0 Å². The molecule has 2 aromatic rings. The number of nitrogens with zero attached hydrogens (tertiary/aromatic N) is 4. The smallest absolute Gasteiger partial charge is 0.164 e. The lowest BCUT2D eigenvalue weighted by atomic mass is 10.2. The Morgan fingerprint density at radius 1 is 1.42 bits per heavy atom. The molecule has 3 rings (SSSR count).